The molecule has 0 aliphatic carbocycles. The summed E-state index contributed by atoms with van der Waals surface area (Å²) in [6.07, 6.45) is 0.150. The quantitative estimate of drug-likeness (QED) is 0.307. The molecule has 0 saturated carbocycles. The van der Waals surface area contributed by atoms with Crippen LogP contribution >= 0.6 is 23.1 Å². The smallest absolute Gasteiger partial charge is 0.231 e. The van der Waals surface area contributed by atoms with Crippen LogP contribution in [0.4, 0.5) is 10.8 Å². The van der Waals surface area contributed by atoms with E-state index in [4.69, 9.17) is 4.74 Å². The molecule has 1 atom stereocenters. The van der Waals surface area contributed by atoms with Gasteiger partial charge in [-0.05, 0) is 36.4 Å². The molecule has 2 amide bonds. The van der Waals surface area contributed by atoms with E-state index in [2.05, 4.69) is 15.5 Å². The molecule has 0 bridgehead atoms. The first-order valence-electron chi connectivity index (χ1n) is 9.83. The van der Waals surface area contributed by atoms with Crippen LogP contribution in [0.15, 0.2) is 58.9 Å². The van der Waals surface area contributed by atoms with Gasteiger partial charge in [-0.2, -0.15) is 0 Å². The van der Waals surface area contributed by atoms with Crippen molar-refractivity contribution in [2.75, 3.05) is 29.6 Å². The number of aromatic nitrogens is 2. The molecule has 1 aromatic heterocycles. The van der Waals surface area contributed by atoms with Gasteiger partial charge in [0.2, 0.25) is 16.9 Å². The summed E-state index contributed by atoms with van der Waals surface area (Å²) in [5.41, 5.74) is 1.37. The number of para-hydroxylation sites is 1. The molecule has 2 heterocycles. The Morgan fingerprint density at radius 2 is 1.91 bits per heavy atom. The van der Waals surface area contributed by atoms with Crippen LogP contribution in [0.3, 0.4) is 0 Å². The van der Waals surface area contributed by atoms with Crippen molar-refractivity contribution in [3.63, 3.8) is 0 Å². The van der Waals surface area contributed by atoms with E-state index >= 15 is 0 Å². The number of ketones is 1. The molecule has 1 saturated heterocycles. The number of hydrogen-bond donors (Lipinski definition) is 1. The van der Waals surface area contributed by atoms with Crippen molar-refractivity contribution < 1.29 is 19.1 Å². The highest BCUT2D eigenvalue weighted by Crippen LogP contribution is 2.29. The van der Waals surface area contributed by atoms with E-state index in [0.29, 0.717) is 27.3 Å². The summed E-state index contributed by atoms with van der Waals surface area (Å²) in [4.78, 5) is 38.9. The van der Waals surface area contributed by atoms with E-state index in [9.17, 15) is 14.4 Å². The normalized spacial score (nSPS) is 15.6. The van der Waals surface area contributed by atoms with Crippen molar-refractivity contribution in [1.82, 2.24) is 10.2 Å². The Morgan fingerprint density at radius 3 is 2.62 bits per heavy atom. The number of rotatable bonds is 8. The Kier molecular flexibility index (Phi) is 6.81. The van der Waals surface area contributed by atoms with Gasteiger partial charge in [-0.1, -0.05) is 41.3 Å². The van der Waals surface area contributed by atoms with Crippen molar-refractivity contribution >= 4 is 51.5 Å². The number of anilines is 2. The average Bonchev–Trinajstić information content (AvgIpc) is 3.44. The minimum Gasteiger partial charge on any atom is -0.497 e. The van der Waals surface area contributed by atoms with Crippen LogP contribution in [0.2, 0.25) is 0 Å². The van der Waals surface area contributed by atoms with E-state index in [-0.39, 0.29) is 29.8 Å². The molecule has 3 aromatic rings. The maximum absolute atomic E-state index is 12.6. The van der Waals surface area contributed by atoms with Crippen LogP contribution < -0.4 is 15.0 Å². The molecule has 4 rings (SSSR count). The zero-order valence-corrected chi connectivity index (χ0v) is 18.8. The lowest BCUT2D eigenvalue weighted by Gasteiger charge is -2.16. The first-order chi connectivity index (χ1) is 15.5. The fraction of sp³-hybridized carbons (Fsp3) is 0.227. The van der Waals surface area contributed by atoms with E-state index < -0.39 is 5.92 Å². The SMILES string of the molecule is COc1ccc(C(=O)CSc2nnc(NC(=O)[C@H]3CC(=O)N(c4ccccc4)C3)s2)cc1. The number of methoxy groups -OCH3 is 1. The molecule has 164 valence electrons. The molecule has 0 unspecified atom stereocenters. The Hall–Kier alpha value is -3.24. The van der Waals surface area contributed by atoms with Gasteiger partial charge >= 0.3 is 0 Å². The topological polar surface area (TPSA) is 101 Å². The average molecular weight is 469 g/mol. The molecular weight excluding hydrogens is 448 g/mol. The number of hydrogen-bond acceptors (Lipinski definition) is 8. The van der Waals surface area contributed by atoms with E-state index in [1.807, 2.05) is 30.3 Å². The number of Topliss-reactive ketones (excluding diaryl/α,β-unsaturated/α-hetero) is 1. The third-order valence-corrected chi connectivity index (χ3v) is 6.91. The minimum atomic E-state index is -0.459. The molecule has 1 fully saturated rings. The number of amides is 2. The lowest BCUT2D eigenvalue weighted by Crippen LogP contribution is -2.28. The second kappa shape index (κ2) is 9.92. The number of ether oxygens (including phenoxy) is 1. The lowest BCUT2D eigenvalue weighted by atomic mass is 10.1. The van der Waals surface area contributed by atoms with Gasteiger partial charge in [0.05, 0.1) is 18.8 Å². The van der Waals surface area contributed by atoms with Gasteiger partial charge < -0.3 is 15.0 Å². The maximum Gasteiger partial charge on any atom is 0.231 e. The van der Waals surface area contributed by atoms with Crippen LogP contribution in [-0.2, 0) is 9.59 Å². The summed E-state index contributed by atoms with van der Waals surface area (Å²) < 4.78 is 5.67. The zero-order chi connectivity index (χ0) is 22.5. The Balaban J connectivity index is 1.29. The molecule has 0 radical (unpaired) electrons. The third kappa shape index (κ3) is 5.14. The van der Waals surface area contributed by atoms with Crippen LogP contribution in [0.25, 0.3) is 0 Å². The summed E-state index contributed by atoms with van der Waals surface area (Å²) in [5.74, 6) is 0.0523. The lowest BCUT2D eigenvalue weighted by molar-refractivity contribution is -0.122. The number of nitrogens with one attached hydrogen (secondary N) is 1. The van der Waals surface area contributed by atoms with Crippen molar-refractivity contribution in [3.8, 4) is 5.75 Å². The zero-order valence-electron chi connectivity index (χ0n) is 17.2. The highest BCUT2D eigenvalue weighted by Gasteiger charge is 2.35. The van der Waals surface area contributed by atoms with Gasteiger partial charge in [0.25, 0.3) is 0 Å². The van der Waals surface area contributed by atoms with Crippen LogP contribution in [0.1, 0.15) is 16.8 Å². The number of benzene rings is 2. The summed E-state index contributed by atoms with van der Waals surface area (Å²) in [6.45, 7) is 0.325. The molecule has 8 nitrogen and oxygen atoms in total. The summed E-state index contributed by atoms with van der Waals surface area (Å²) in [7, 11) is 1.57. The highest BCUT2D eigenvalue weighted by molar-refractivity contribution is 8.01. The van der Waals surface area contributed by atoms with E-state index in [1.165, 1.54) is 23.1 Å². The van der Waals surface area contributed by atoms with Gasteiger partial charge in [-0.25, -0.2) is 0 Å². The van der Waals surface area contributed by atoms with Crippen molar-refractivity contribution in [1.29, 1.82) is 0 Å². The molecule has 1 aliphatic heterocycles. The Bertz CT molecular complexity index is 1120. The monoisotopic (exact) mass is 468 g/mol. The first kappa shape index (κ1) is 22.0. The molecule has 10 heteroatoms. The van der Waals surface area contributed by atoms with E-state index in [0.717, 1.165) is 5.69 Å². The molecule has 1 N–H and O–H groups in total. The van der Waals surface area contributed by atoms with Crippen molar-refractivity contribution in [3.05, 3.63) is 60.2 Å². The number of carbonyl (C=O) groups is 3. The predicted octanol–water partition coefficient (Wildman–Crippen LogP) is 3.51. The van der Waals surface area contributed by atoms with Gasteiger partial charge in [0.1, 0.15) is 5.75 Å². The highest BCUT2D eigenvalue weighted by atomic mass is 32.2. The summed E-state index contributed by atoms with van der Waals surface area (Å²) in [5, 5.41) is 11.1. The van der Waals surface area contributed by atoms with Crippen LogP contribution in [0, 0.1) is 5.92 Å². The largest absolute Gasteiger partial charge is 0.497 e. The van der Waals surface area contributed by atoms with Crippen LogP contribution in [0.5, 0.6) is 5.75 Å². The first-order valence-corrected chi connectivity index (χ1v) is 11.6. The van der Waals surface area contributed by atoms with Gasteiger partial charge in [-0.3, -0.25) is 14.4 Å². The summed E-state index contributed by atoms with van der Waals surface area (Å²) >= 11 is 2.46. The Labute approximate surface area is 193 Å². The van der Waals surface area contributed by atoms with Gasteiger partial charge in [0, 0.05) is 24.2 Å². The molecule has 1 aliphatic rings. The van der Waals surface area contributed by atoms with Gasteiger partial charge in [-0.15, -0.1) is 10.2 Å². The fourth-order valence-electron chi connectivity index (χ4n) is 3.25. The van der Waals surface area contributed by atoms with Crippen molar-refractivity contribution in [2.45, 2.75) is 10.8 Å². The maximum atomic E-state index is 12.6. The minimum absolute atomic E-state index is 0.0380. The third-order valence-electron chi connectivity index (χ3n) is 4.94. The van der Waals surface area contributed by atoms with E-state index in [1.54, 1.807) is 36.3 Å². The van der Waals surface area contributed by atoms with Crippen molar-refractivity contribution in [2.24, 2.45) is 5.92 Å². The second-order valence-corrected chi connectivity index (χ2v) is 9.24. The molecule has 2 aromatic carbocycles. The summed E-state index contributed by atoms with van der Waals surface area (Å²) in [6, 6.07) is 16.2. The molecular formula is C22H20N4O4S2. The van der Waals surface area contributed by atoms with Crippen LogP contribution in [-0.4, -0.2) is 47.2 Å². The number of carbonyl (C=O) groups excluding carboxylic acids is 3. The molecule has 32 heavy (non-hydrogen) atoms. The van der Waals surface area contributed by atoms with Gasteiger partial charge in [0.15, 0.2) is 10.1 Å². The second-order valence-electron chi connectivity index (χ2n) is 7.04. The molecule has 0 spiro atoms. The number of thioether (sulfide) groups is 1. The fourth-order valence-corrected chi connectivity index (χ4v) is 4.90. The predicted molar refractivity (Wildman–Crippen MR) is 123 cm³/mol. The Morgan fingerprint density at radius 1 is 1.16 bits per heavy atom. The number of nitrogens with zero attached hydrogens (tertiary/aromatic N) is 3. The standard InChI is InChI=1S/C22H20N4O4S2/c1-30-17-9-7-14(8-10-17)18(27)13-31-22-25-24-21(32-22)23-20(29)15-11-19(28)26(12-15)16-5-3-2-4-6-16/h2-10,15H,11-13H2,1H3,(H,23,24,29)/t15-/m0/s1.